The van der Waals surface area contributed by atoms with Gasteiger partial charge in [0.05, 0.1) is 0 Å². The van der Waals surface area contributed by atoms with Crippen LogP contribution in [0.3, 0.4) is 0 Å². The number of hydrogen-bond donors (Lipinski definition) is 2. The number of carbonyl (C=O) groups is 2. The summed E-state index contributed by atoms with van der Waals surface area (Å²) >= 11 is 0. The first kappa shape index (κ1) is 12.0. The van der Waals surface area contributed by atoms with Crippen LogP contribution in [0.15, 0.2) is 16.9 Å². The Labute approximate surface area is 92.1 Å². The third kappa shape index (κ3) is 3.99. The van der Waals surface area contributed by atoms with Crippen molar-refractivity contribution in [2.75, 3.05) is 0 Å². The van der Waals surface area contributed by atoms with Gasteiger partial charge in [0.2, 0.25) is 0 Å². The molecule has 1 rings (SSSR count). The van der Waals surface area contributed by atoms with E-state index in [0.717, 1.165) is 0 Å². The molecule has 0 unspecified atom stereocenters. The summed E-state index contributed by atoms with van der Waals surface area (Å²) in [4.78, 5) is 22.4. The van der Waals surface area contributed by atoms with Crippen LogP contribution in [-0.2, 0) is 4.74 Å². The fourth-order valence-electron chi connectivity index (χ4n) is 0.805. The quantitative estimate of drug-likeness (QED) is 0.693. The van der Waals surface area contributed by atoms with Crippen LogP contribution in [0.2, 0.25) is 0 Å². The number of hydrazine groups is 1. The van der Waals surface area contributed by atoms with E-state index in [1.807, 2.05) is 0 Å². The predicted octanol–water partition coefficient (Wildman–Crippen LogP) is 0.844. The van der Waals surface area contributed by atoms with E-state index in [2.05, 4.69) is 20.5 Å². The molecule has 2 amide bonds. The number of hydrogen-bond acceptors (Lipinski definition) is 5. The van der Waals surface area contributed by atoms with E-state index >= 15 is 0 Å². The number of nitrogens with one attached hydrogen (secondary N) is 2. The van der Waals surface area contributed by atoms with Gasteiger partial charge in [0.1, 0.15) is 11.9 Å². The molecular weight excluding hydrogens is 214 g/mol. The maximum absolute atomic E-state index is 11.3. The summed E-state index contributed by atoms with van der Waals surface area (Å²) in [6.07, 6.45) is 0.506. The van der Waals surface area contributed by atoms with E-state index in [-0.39, 0.29) is 5.69 Å². The van der Waals surface area contributed by atoms with Crippen molar-refractivity contribution in [3.05, 3.63) is 18.0 Å². The Kier molecular flexibility index (Phi) is 3.49. The third-order valence-electron chi connectivity index (χ3n) is 1.35. The molecule has 0 bridgehead atoms. The van der Waals surface area contributed by atoms with Crippen LogP contribution >= 0.6 is 0 Å². The lowest BCUT2D eigenvalue weighted by Crippen LogP contribution is -2.44. The molecule has 0 saturated heterocycles. The predicted molar refractivity (Wildman–Crippen MR) is 53.3 cm³/mol. The van der Waals surface area contributed by atoms with Gasteiger partial charge in [0.25, 0.3) is 5.91 Å². The molecule has 2 N–H and O–H groups in total. The molecule has 0 aliphatic rings. The van der Waals surface area contributed by atoms with E-state index in [1.54, 1.807) is 20.8 Å². The zero-order valence-electron chi connectivity index (χ0n) is 9.23. The largest absolute Gasteiger partial charge is 0.443 e. The van der Waals surface area contributed by atoms with Gasteiger partial charge >= 0.3 is 6.09 Å². The maximum Gasteiger partial charge on any atom is 0.426 e. The molecule has 88 valence electrons. The Morgan fingerprint density at radius 2 is 2.06 bits per heavy atom. The molecule has 0 saturated carbocycles. The van der Waals surface area contributed by atoms with Crippen LogP contribution in [-0.4, -0.2) is 22.8 Å². The van der Waals surface area contributed by atoms with Gasteiger partial charge in [0, 0.05) is 6.07 Å². The molecule has 7 nitrogen and oxygen atoms in total. The first-order valence-electron chi connectivity index (χ1n) is 4.58. The molecule has 1 aromatic rings. The SMILES string of the molecule is CC(C)(C)OC(=O)NNC(=O)c1ccon1. The first-order valence-corrected chi connectivity index (χ1v) is 4.58. The molecule has 0 fully saturated rings. The minimum Gasteiger partial charge on any atom is -0.443 e. The number of ether oxygens (including phenoxy) is 1. The van der Waals surface area contributed by atoms with Crippen molar-refractivity contribution in [1.29, 1.82) is 0 Å². The molecule has 16 heavy (non-hydrogen) atoms. The lowest BCUT2D eigenvalue weighted by molar-refractivity contribution is 0.0482. The van der Waals surface area contributed by atoms with Crippen molar-refractivity contribution in [2.45, 2.75) is 26.4 Å². The van der Waals surface area contributed by atoms with E-state index in [0.29, 0.717) is 0 Å². The highest BCUT2D eigenvalue weighted by Gasteiger charge is 2.17. The van der Waals surface area contributed by atoms with Crippen molar-refractivity contribution >= 4 is 12.0 Å². The van der Waals surface area contributed by atoms with Crippen LogP contribution in [0, 0.1) is 0 Å². The number of carbonyl (C=O) groups excluding carboxylic acids is 2. The van der Waals surface area contributed by atoms with Crippen molar-refractivity contribution in [3.63, 3.8) is 0 Å². The molecule has 0 radical (unpaired) electrons. The molecule has 1 aromatic heterocycles. The van der Waals surface area contributed by atoms with E-state index in [9.17, 15) is 9.59 Å². The molecular formula is C9H13N3O4. The second kappa shape index (κ2) is 4.65. The fourth-order valence-corrected chi connectivity index (χ4v) is 0.805. The van der Waals surface area contributed by atoms with Crippen molar-refractivity contribution in [1.82, 2.24) is 16.0 Å². The van der Waals surface area contributed by atoms with E-state index < -0.39 is 17.6 Å². The standard InChI is InChI=1S/C9H13N3O4/c1-9(2,3)16-8(14)11-10-7(13)6-4-5-15-12-6/h4-5H,1-3H3,(H,10,13)(H,11,14). The van der Waals surface area contributed by atoms with Crippen LogP contribution < -0.4 is 10.9 Å². The molecule has 0 atom stereocenters. The third-order valence-corrected chi connectivity index (χ3v) is 1.35. The smallest absolute Gasteiger partial charge is 0.426 e. The van der Waals surface area contributed by atoms with Gasteiger partial charge in [0.15, 0.2) is 5.69 Å². The monoisotopic (exact) mass is 227 g/mol. The average Bonchev–Trinajstić information content (AvgIpc) is 2.64. The Morgan fingerprint density at radius 1 is 1.38 bits per heavy atom. The van der Waals surface area contributed by atoms with Crippen LogP contribution in [0.5, 0.6) is 0 Å². The molecule has 7 heteroatoms. The van der Waals surface area contributed by atoms with Crippen LogP contribution in [0.25, 0.3) is 0 Å². The maximum atomic E-state index is 11.3. The minimum atomic E-state index is -0.746. The zero-order chi connectivity index (χ0) is 12.2. The molecule has 1 heterocycles. The highest BCUT2D eigenvalue weighted by atomic mass is 16.6. The Hall–Kier alpha value is -2.05. The highest BCUT2D eigenvalue weighted by Crippen LogP contribution is 2.05. The second-order valence-electron chi connectivity index (χ2n) is 3.97. The summed E-state index contributed by atoms with van der Waals surface area (Å²) < 4.78 is 9.37. The van der Waals surface area contributed by atoms with Gasteiger partial charge in [-0.3, -0.25) is 10.2 Å². The summed E-state index contributed by atoms with van der Waals surface area (Å²) in [7, 11) is 0. The van der Waals surface area contributed by atoms with Gasteiger partial charge in [-0.2, -0.15) is 0 Å². The average molecular weight is 227 g/mol. The highest BCUT2D eigenvalue weighted by molar-refractivity contribution is 5.92. The summed E-state index contributed by atoms with van der Waals surface area (Å²) in [5, 5.41) is 3.39. The van der Waals surface area contributed by atoms with Crippen molar-refractivity contribution in [3.8, 4) is 0 Å². The fraction of sp³-hybridized carbons (Fsp3) is 0.444. The number of rotatable bonds is 1. The zero-order valence-corrected chi connectivity index (χ0v) is 9.23. The van der Waals surface area contributed by atoms with Gasteiger partial charge in [-0.05, 0) is 20.8 Å². The number of amides is 2. The molecule has 0 aliphatic carbocycles. The second-order valence-corrected chi connectivity index (χ2v) is 3.97. The summed E-state index contributed by atoms with van der Waals surface area (Å²) in [5.74, 6) is -0.584. The van der Waals surface area contributed by atoms with Crippen molar-refractivity contribution in [2.24, 2.45) is 0 Å². The number of aromatic nitrogens is 1. The topological polar surface area (TPSA) is 93.5 Å². The van der Waals surface area contributed by atoms with Gasteiger partial charge in [-0.1, -0.05) is 5.16 Å². The van der Waals surface area contributed by atoms with Gasteiger partial charge in [-0.15, -0.1) is 0 Å². The molecule has 0 aromatic carbocycles. The van der Waals surface area contributed by atoms with E-state index in [4.69, 9.17) is 4.74 Å². The van der Waals surface area contributed by atoms with E-state index in [1.165, 1.54) is 12.3 Å². The Morgan fingerprint density at radius 3 is 2.56 bits per heavy atom. The first-order chi connectivity index (χ1) is 7.38. The Bertz CT molecular complexity index is 367. The molecule has 0 spiro atoms. The molecule has 0 aliphatic heterocycles. The normalized spacial score (nSPS) is 10.7. The minimum absolute atomic E-state index is 0.0658. The number of nitrogens with zero attached hydrogens (tertiary/aromatic N) is 1. The lowest BCUT2D eigenvalue weighted by Gasteiger charge is -2.19. The summed E-state index contributed by atoms with van der Waals surface area (Å²) in [5.41, 5.74) is 3.65. The van der Waals surface area contributed by atoms with Crippen molar-refractivity contribution < 1.29 is 18.8 Å². The summed E-state index contributed by atoms with van der Waals surface area (Å²) in [6.45, 7) is 5.14. The lowest BCUT2D eigenvalue weighted by atomic mass is 10.2. The van der Waals surface area contributed by atoms with Gasteiger partial charge < -0.3 is 9.26 Å². The summed E-state index contributed by atoms with van der Waals surface area (Å²) in [6, 6.07) is 1.37. The Balaban J connectivity index is 2.35. The van der Waals surface area contributed by atoms with Gasteiger partial charge in [-0.25, -0.2) is 10.2 Å². The van der Waals surface area contributed by atoms with Crippen LogP contribution in [0.4, 0.5) is 4.79 Å². The van der Waals surface area contributed by atoms with Crippen LogP contribution in [0.1, 0.15) is 31.3 Å².